The molecule has 6 heteroatoms. The van der Waals surface area contributed by atoms with Crippen LogP contribution in [-0.2, 0) is 16.1 Å². The number of rotatable bonds is 5. The van der Waals surface area contributed by atoms with Crippen LogP contribution >= 0.6 is 11.3 Å². The van der Waals surface area contributed by atoms with Gasteiger partial charge in [-0.3, -0.25) is 4.79 Å². The summed E-state index contributed by atoms with van der Waals surface area (Å²) in [6.07, 6.45) is 4.49. The Morgan fingerprint density at radius 3 is 3.23 bits per heavy atom. The Bertz CT molecular complexity index is 609. The van der Waals surface area contributed by atoms with Crippen LogP contribution in [0.1, 0.15) is 31.7 Å². The van der Waals surface area contributed by atoms with Crippen molar-refractivity contribution in [2.24, 2.45) is 5.92 Å². The zero-order chi connectivity index (χ0) is 15.4. The van der Waals surface area contributed by atoms with Gasteiger partial charge in [0.05, 0.1) is 18.8 Å². The zero-order valence-electron chi connectivity index (χ0n) is 12.7. The first-order valence-electron chi connectivity index (χ1n) is 7.71. The predicted molar refractivity (Wildman–Crippen MR) is 87.0 cm³/mol. The monoisotopic (exact) mass is 319 g/mol. The molecule has 2 unspecified atom stereocenters. The number of carbonyl (C=O) groups excluding carboxylic acids is 1. The zero-order valence-corrected chi connectivity index (χ0v) is 13.5. The molecule has 0 spiro atoms. The van der Waals surface area contributed by atoms with Gasteiger partial charge in [0.25, 0.3) is 0 Å². The summed E-state index contributed by atoms with van der Waals surface area (Å²) < 4.78 is 7.47. The van der Waals surface area contributed by atoms with Crippen molar-refractivity contribution in [2.45, 2.75) is 38.8 Å². The number of thiophene rings is 1. The Hall–Kier alpha value is -1.66. The summed E-state index contributed by atoms with van der Waals surface area (Å²) in [6.45, 7) is 3.45. The van der Waals surface area contributed by atoms with E-state index in [1.807, 2.05) is 16.1 Å². The Kier molecular flexibility index (Phi) is 4.90. The van der Waals surface area contributed by atoms with E-state index in [1.54, 1.807) is 17.5 Å². The Morgan fingerprint density at radius 2 is 2.45 bits per heavy atom. The van der Waals surface area contributed by atoms with Crippen LogP contribution in [0.25, 0.3) is 0 Å². The lowest BCUT2D eigenvalue weighted by atomic mass is 9.93. The van der Waals surface area contributed by atoms with Crippen LogP contribution in [0.15, 0.2) is 29.1 Å². The van der Waals surface area contributed by atoms with Crippen molar-refractivity contribution in [3.8, 4) is 0 Å². The molecule has 1 N–H and O–H groups in total. The molecule has 1 aliphatic rings. The molecule has 0 saturated carbocycles. The maximum Gasteiger partial charge on any atom is 0.228 e. The van der Waals surface area contributed by atoms with Crippen molar-refractivity contribution >= 4 is 23.1 Å². The van der Waals surface area contributed by atoms with E-state index in [4.69, 9.17) is 4.74 Å². The van der Waals surface area contributed by atoms with Gasteiger partial charge in [-0.15, -0.1) is 0 Å². The second-order valence-corrected chi connectivity index (χ2v) is 6.40. The van der Waals surface area contributed by atoms with E-state index in [1.165, 1.54) is 5.56 Å². The summed E-state index contributed by atoms with van der Waals surface area (Å²) in [6, 6.07) is 3.92. The van der Waals surface area contributed by atoms with Crippen molar-refractivity contribution < 1.29 is 9.53 Å². The van der Waals surface area contributed by atoms with Gasteiger partial charge in [-0.2, -0.15) is 16.4 Å². The number of aromatic nitrogens is 2. The van der Waals surface area contributed by atoms with Gasteiger partial charge in [-0.1, -0.05) is 6.92 Å². The molecule has 2 aromatic heterocycles. The van der Waals surface area contributed by atoms with Gasteiger partial charge < -0.3 is 10.1 Å². The minimum atomic E-state index is 0.0307. The number of nitrogens with zero attached hydrogens (tertiary/aromatic N) is 2. The highest BCUT2D eigenvalue weighted by atomic mass is 32.1. The smallest absolute Gasteiger partial charge is 0.228 e. The third-order valence-corrected chi connectivity index (χ3v) is 4.81. The first-order chi connectivity index (χ1) is 10.8. The van der Waals surface area contributed by atoms with Crippen LogP contribution in [0.5, 0.6) is 0 Å². The van der Waals surface area contributed by atoms with E-state index >= 15 is 0 Å². The largest absolute Gasteiger partial charge is 0.378 e. The molecule has 22 heavy (non-hydrogen) atoms. The number of hydrogen-bond acceptors (Lipinski definition) is 4. The van der Waals surface area contributed by atoms with E-state index in [9.17, 15) is 4.79 Å². The second-order valence-electron chi connectivity index (χ2n) is 5.62. The van der Waals surface area contributed by atoms with E-state index in [2.05, 4.69) is 28.8 Å². The molecule has 2 aromatic rings. The van der Waals surface area contributed by atoms with Crippen molar-refractivity contribution in [1.29, 1.82) is 0 Å². The third-order valence-electron chi connectivity index (χ3n) is 4.07. The number of anilines is 1. The van der Waals surface area contributed by atoms with Gasteiger partial charge in [0.15, 0.2) is 0 Å². The first kappa shape index (κ1) is 15.2. The molecule has 1 saturated heterocycles. The molecule has 3 rings (SSSR count). The van der Waals surface area contributed by atoms with Gasteiger partial charge in [-0.25, -0.2) is 4.68 Å². The number of carbonyl (C=O) groups is 1. The highest BCUT2D eigenvalue weighted by Crippen LogP contribution is 2.23. The molecule has 1 amide bonds. The number of hydrogen-bond donors (Lipinski definition) is 1. The van der Waals surface area contributed by atoms with Crippen LogP contribution in [0, 0.1) is 5.92 Å². The van der Waals surface area contributed by atoms with Gasteiger partial charge in [0.1, 0.15) is 5.82 Å². The highest BCUT2D eigenvalue weighted by molar-refractivity contribution is 7.07. The summed E-state index contributed by atoms with van der Waals surface area (Å²) in [5, 5.41) is 11.5. The fourth-order valence-electron chi connectivity index (χ4n) is 2.75. The van der Waals surface area contributed by atoms with E-state index in [0.29, 0.717) is 13.2 Å². The lowest BCUT2D eigenvalue weighted by Gasteiger charge is -2.28. The molecule has 1 fully saturated rings. The minimum Gasteiger partial charge on any atom is -0.378 e. The van der Waals surface area contributed by atoms with Gasteiger partial charge in [-0.05, 0) is 41.7 Å². The molecule has 0 radical (unpaired) electrons. The van der Waals surface area contributed by atoms with Crippen molar-refractivity contribution in [2.75, 3.05) is 11.9 Å². The molecular formula is C16H21N3O2S. The predicted octanol–water partition coefficient (Wildman–Crippen LogP) is 3.14. The molecule has 5 nitrogen and oxygen atoms in total. The molecule has 2 atom stereocenters. The fraction of sp³-hybridized carbons (Fsp3) is 0.500. The summed E-state index contributed by atoms with van der Waals surface area (Å²) in [5.41, 5.74) is 1.20. The maximum atomic E-state index is 12.5. The van der Waals surface area contributed by atoms with E-state index < -0.39 is 0 Å². The third kappa shape index (κ3) is 3.56. The standard InChI is InChI=1S/C16H21N3O2S/c1-2-14-9-13(4-7-21-14)16(20)18-15-3-6-17-19(15)10-12-5-8-22-11-12/h3,5-6,8,11,13-14H,2,4,7,9-10H2,1H3,(H,18,20). The summed E-state index contributed by atoms with van der Waals surface area (Å²) in [7, 11) is 0. The molecule has 0 aliphatic carbocycles. The average molecular weight is 319 g/mol. The highest BCUT2D eigenvalue weighted by Gasteiger charge is 2.27. The molecule has 118 valence electrons. The molecule has 3 heterocycles. The van der Waals surface area contributed by atoms with Crippen molar-refractivity contribution in [3.63, 3.8) is 0 Å². The Balaban J connectivity index is 1.63. The van der Waals surface area contributed by atoms with Crippen LogP contribution in [0.3, 0.4) is 0 Å². The molecule has 0 aromatic carbocycles. The van der Waals surface area contributed by atoms with Gasteiger partial charge >= 0.3 is 0 Å². The van der Waals surface area contributed by atoms with E-state index in [-0.39, 0.29) is 17.9 Å². The molecule has 0 bridgehead atoms. The minimum absolute atomic E-state index is 0.0307. The van der Waals surface area contributed by atoms with E-state index in [0.717, 1.165) is 25.1 Å². The second kappa shape index (κ2) is 7.07. The Labute approximate surface area is 134 Å². The lowest BCUT2D eigenvalue weighted by molar-refractivity contribution is -0.124. The summed E-state index contributed by atoms with van der Waals surface area (Å²) in [4.78, 5) is 12.5. The summed E-state index contributed by atoms with van der Waals surface area (Å²) in [5.74, 6) is 0.868. The van der Waals surface area contributed by atoms with Gasteiger partial charge in [0.2, 0.25) is 5.91 Å². The van der Waals surface area contributed by atoms with Crippen LogP contribution in [-0.4, -0.2) is 28.4 Å². The molecular weight excluding hydrogens is 298 g/mol. The normalized spacial score (nSPS) is 21.7. The number of amides is 1. The first-order valence-corrected chi connectivity index (χ1v) is 8.66. The fourth-order valence-corrected chi connectivity index (χ4v) is 3.41. The van der Waals surface area contributed by atoms with Crippen LogP contribution in [0.4, 0.5) is 5.82 Å². The Morgan fingerprint density at radius 1 is 1.55 bits per heavy atom. The number of nitrogens with one attached hydrogen (secondary N) is 1. The quantitative estimate of drug-likeness (QED) is 0.921. The topological polar surface area (TPSA) is 56.2 Å². The maximum absolute atomic E-state index is 12.5. The van der Waals surface area contributed by atoms with Crippen molar-refractivity contribution in [3.05, 3.63) is 34.7 Å². The lowest BCUT2D eigenvalue weighted by Crippen LogP contribution is -2.33. The SMILES string of the molecule is CCC1CC(C(=O)Nc2ccnn2Cc2ccsc2)CCO1. The number of ether oxygens (including phenoxy) is 1. The summed E-state index contributed by atoms with van der Waals surface area (Å²) >= 11 is 1.66. The van der Waals surface area contributed by atoms with Crippen molar-refractivity contribution in [1.82, 2.24) is 9.78 Å². The van der Waals surface area contributed by atoms with Crippen LogP contribution in [0.2, 0.25) is 0 Å². The molecule has 1 aliphatic heterocycles. The van der Waals surface area contributed by atoms with Gasteiger partial charge in [0, 0.05) is 18.6 Å². The average Bonchev–Trinajstić information content (AvgIpc) is 3.20. The van der Waals surface area contributed by atoms with Crippen LogP contribution < -0.4 is 5.32 Å².